The number of hydrogen-bond acceptors (Lipinski definition) is 3. The van der Waals surface area contributed by atoms with E-state index in [-0.39, 0.29) is 16.2 Å². The van der Waals surface area contributed by atoms with Crippen LogP contribution in [0.4, 0.5) is 0 Å². The molecule has 0 saturated heterocycles. The SMILES string of the molecule is Cc1cc(CCC(C)(c2cc(C)c(O)c(C(C)(C)C)c2)c2cc(C)c(O)c(C(C)(C)C)c2)cc(C(C)(C)C)c1O. The summed E-state index contributed by atoms with van der Waals surface area (Å²) in [5, 5.41) is 32.9. The summed E-state index contributed by atoms with van der Waals surface area (Å²) in [6, 6.07) is 12.9. The highest BCUT2D eigenvalue weighted by Gasteiger charge is 2.34. The molecule has 0 aromatic heterocycles. The largest absolute Gasteiger partial charge is 0.507 e. The Kier molecular flexibility index (Phi) is 8.27. The lowest BCUT2D eigenvalue weighted by Crippen LogP contribution is -2.27. The van der Waals surface area contributed by atoms with Crippen molar-refractivity contribution in [1.29, 1.82) is 0 Å². The zero-order valence-corrected chi connectivity index (χ0v) is 27.2. The monoisotopic (exact) mass is 544 g/mol. The molecule has 0 bridgehead atoms. The van der Waals surface area contributed by atoms with E-state index < -0.39 is 5.41 Å². The van der Waals surface area contributed by atoms with Crippen molar-refractivity contribution in [2.45, 2.75) is 125 Å². The summed E-state index contributed by atoms with van der Waals surface area (Å²) in [6.45, 7) is 27.5. The van der Waals surface area contributed by atoms with Crippen molar-refractivity contribution < 1.29 is 15.3 Å². The molecule has 0 fully saturated rings. The number of phenols is 3. The molecule has 218 valence electrons. The third-order valence-corrected chi connectivity index (χ3v) is 8.57. The number of benzene rings is 3. The molecule has 0 aliphatic carbocycles. The standard InChI is InChI=1S/C37H52O3/c1-22-16-25(19-28(31(22)38)34(4,5)6)14-15-37(13,26-17-23(2)32(39)29(20-26)35(7,8)9)27-18-24(3)33(40)30(21-27)36(10,11)12/h16-21,38-40H,14-15H2,1-13H3. The Hall–Kier alpha value is -2.94. The highest BCUT2D eigenvalue weighted by atomic mass is 16.3. The van der Waals surface area contributed by atoms with Crippen molar-refractivity contribution in [2.24, 2.45) is 0 Å². The van der Waals surface area contributed by atoms with Crippen LogP contribution in [0.25, 0.3) is 0 Å². The zero-order valence-electron chi connectivity index (χ0n) is 27.2. The van der Waals surface area contributed by atoms with Crippen molar-refractivity contribution in [3.8, 4) is 17.2 Å². The summed E-state index contributed by atoms with van der Waals surface area (Å²) in [5.41, 5.74) is 8.00. The predicted molar refractivity (Wildman–Crippen MR) is 169 cm³/mol. The maximum absolute atomic E-state index is 11.0. The predicted octanol–water partition coefficient (Wildman–Crippen LogP) is 9.56. The smallest absolute Gasteiger partial charge is 0.122 e. The van der Waals surface area contributed by atoms with E-state index in [1.165, 1.54) is 5.56 Å². The van der Waals surface area contributed by atoms with Gasteiger partial charge in [-0.05, 0) is 99.9 Å². The Labute approximate surface area is 243 Å². The van der Waals surface area contributed by atoms with E-state index in [0.29, 0.717) is 17.2 Å². The first kappa shape index (κ1) is 31.6. The van der Waals surface area contributed by atoms with Crippen LogP contribution in [0.2, 0.25) is 0 Å². The van der Waals surface area contributed by atoms with Gasteiger partial charge in [-0.15, -0.1) is 0 Å². The van der Waals surface area contributed by atoms with Gasteiger partial charge in [-0.3, -0.25) is 0 Å². The van der Waals surface area contributed by atoms with Gasteiger partial charge in [0.25, 0.3) is 0 Å². The lowest BCUT2D eigenvalue weighted by molar-refractivity contribution is 0.436. The Morgan fingerprint density at radius 3 is 1.15 bits per heavy atom. The topological polar surface area (TPSA) is 60.7 Å². The molecule has 3 heteroatoms. The number of aryl methyl sites for hydroxylation is 4. The van der Waals surface area contributed by atoms with E-state index in [1.807, 2.05) is 20.8 Å². The molecule has 40 heavy (non-hydrogen) atoms. The summed E-state index contributed by atoms with van der Waals surface area (Å²) < 4.78 is 0. The lowest BCUT2D eigenvalue weighted by atomic mass is 9.68. The molecular formula is C37H52O3. The van der Waals surface area contributed by atoms with Gasteiger partial charge in [0.05, 0.1) is 0 Å². The van der Waals surface area contributed by atoms with Crippen molar-refractivity contribution in [3.05, 3.63) is 86.5 Å². The summed E-state index contributed by atoms with van der Waals surface area (Å²) in [7, 11) is 0. The minimum Gasteiger partial charge on any atom is -0.507 e. The number of phenolic OH excluding ortho intramolecular Hbond substituents is 3. The van der Waals surface area contributed by atoms with Crippen LogP contribution in [0.3, 0.4) is 0 Å². The quantitative estimate of drug-likeness (QED) is 0.300. The van der Waals surface area contributed by atoms with Crippen LogP contribution in [-0.2, 0) is 28.1 Å². The summed E-state index contributed by atoms with van der Waals surface area (Å²) in [6.07, 6.45) is 1.64. The summed E-state index contributed by atoms with van der Waals surface area (Å²) >= 11 is 0. The van der Waals surface area contributed by atoms with Gasteiger partial charge in [0.2, 0.25) is 0 Å². The van der Waals surface area contributed by atoms with E-state index in [4.69, 9.17) is 0 Å². The second-order valence-electron chi connectivity index (χ2n) is 15.3. The maximum Gasteiger partial charge on any atom is 0.122 e. The fraction of sp³-hybridized carbons (Fsp3) is 0.514. The van der Waals surface area contributed by atoms with Crippen molar-refractivity contribution in [3.63, 3.8) is 0 Å². The first-order valence-electron chi connectivity index (χ1n) is 14.6. The van der Waals surface area contributed by atoms with Gasteiger partial charge in [0, 0.05) is 5.41 Å². The molecular weight excluding hydrogens is 492 g/mol. The molecule has 0 saturated carbocycles. The Morgan fingerprint density at radius 1 is 0.475 bits per heavy atom. The van der Waals surface area contributed by atoms with Crippen molar-refractivity contribution >= 4 is 0 Å². The van der Waals surface area contributed by atoms with Crippen LogP contribution in [0.1, 0.15) is 126 Å². The third-order valence-electron chi connectivity index (χ3n) is 8.57. The molecule has 3 aromatic carbocycles. The van der Waals surface area contributed by atoms with Crippen LogP contribution < -0.4 is 0 Å². The number of aromatic hydroxyl groups is 3. The van der Waals surface area contributed by atoms with Gasteiger partial charge in [-0.25, -0.2) is 0 Å². The first-order valence-corrected chi connectivity index (χ1v) is 14.6. The highest BCUT2D eigenvalue weighted by Crippen LogP contribution is 2.45. The molecule has 0 amide bonds. The molecule has 3 N–H and O–H groups in total. The number of hydrogen-bond donors (Lipinski definition) is 3. The molecule has 0 radical (unpaired) electrons. The lowest BCUT2D eigenvalue weighted by Gasteiger charge is -2.35. The van der Waals surface area contributed by atoms with Gasteiger partial charge < -0.3 is 15.3 Å². The van der Waals surface area contributed by atoms with Gasteiger partial charge in [-0.1, -0.05) is 106 Å². The van der Waals surface area contributed by atoms with E-state index in [2.05, 4.69) is 106 Å². The van der Waals surface area contributed by atoms with E-state index >= 15 is 0 Å². The molecule has 0 aliphatic rings. The van der Waals surface area contributed by atoms with Gasteiger partial charge in [0.15, 0.2) is 0 Å². The van der Waals surface area contributed by atoms with Crippen molar-refractivity contribution in [1.82, 2.24) is 0 Å². The van der Waals surface area contributed by atoms with Gasteiger partial charge in [0.1, 0.15) is 17.2 Å². The van der Waals surface area contributed by atoms with Crippen molar-refractivity contribution in [2.75, 3.05) is 0 Å². The molecule has 0 unspecified atom stereocenters. The van der Waals surface area contributed by atoms with E-state index in [1.54, 1.807) is 0 Å². The van der Waals surface area contributed by atoms with Crippen LogP contribution >= 0.6 is 0 Å². The Morgan fingerprint density at radius 2 is 0.800 bits per heavy atom. The average molecular weight is 545 g/mol. The molecule has 0 spiro atoms. The Balaban J connectivity index is 2.29. The molecule has 3 aromatic rings. The summed E-state index contributed by atoms with van der Waals surface area (Å²) in [5.74, 6) is 1.10. The molecule has 3 nitrogen and oxygen atoms in total. The minimum atomic E-state index is -0.398. The highest BCUT2D eigenvalue weighted by molar-refractivity contribution is 5.55. The van der Waals surface area contributed by atoms with E-state index in [9.17, 15) is 15.3 Å². The molecule has 0 atom stereocenters. The Bertz CT molecular complexity index is 1340. The van der Waals surface area contributed by atoms with Crippen LogP contribution in [0.15, 0.2) is 36.4 Å². The molecule has 0 heterocycles. The number of rotatable bonds is 5. The second kappa shape index (κ2) is 10.5. The summed E-state index contributed by atoms with van der Waals surface area (Å²) in [4.78, 5) is 0. The van der Waals surface area contributed by atoms with Gasteiger partial charge in [-0.2, -0.15) is 0 Å². The van der Waals surface area contributed by atoms with Crippen LogP contribution in [0, 0.1) is 20.8 Å². The minimum absolute atomic E-state index is 0.167. The fourth-order valence-corrected chi connectivity index (χ4v) is 5.76. The zero-order chi connectivity index (χ0) is 30.6. The van der Waals surface area contributed by atoms with Gasteiger partial charge >= 0.3 is 0 Å². The normalized spacial score (nSPS) is 13.1. The maximum atomic E-state index is 11.0. The third kappa shape index (κ3) is 6.19. The molecule has 0 aliphatic heterocycles. The molecule has 3 rings (SSSR count). The second-order valence-corrected chi connectivity index (χ2v) is 15.3. The average Bonchev–Trinajstić information content (AvgIpc) is 2.80. The van der Waals surface area contributed by atoms with Crippen LogP contribution in [-0.4, -0.2) is 15.3 Å². The first-order chi connectivity index (χ1) is 18.1. The fourth-order valence-electron chi connectivity index (χ4n) is 5.76. The van der Waals surface area contributed by atoms with E-state index in [0.717, 1.165) is 57.3 Å². The van der Waals surface area contributed by atoms with Crippen LogP contribution in [0.5, 0.6) is 17.2 Å².